The zero-order valence-electron chi connectivity index (χ0n) is 13.8. The van der Waals surface area contributed by atoms with Gasteiger partial charge in [-0.3, -0.25) is 4.57 Å². The van der Waals surface area contributed by atoms with Crippen molar-refractivity contribution >= 4 is 17.0 Å². The second-order valence-corrected chi connectivity index (χ2v) is 6.20. The van der Waals surface area contributed by atoms with Gasteiger partial charge in [0.25, 0.3) is 0 Å². The lowest BCUT2D eigenvalue weighted by Crippen LogP contribution is -2.30. The van der Waals surface area contributed by atoms with E-state index < -0.39 is 43.2 Å². The molecule has 0 bridgehead atoms. The Morgan fingerprint density at radius 3 is 2.58 bits per heavy atom. The highest BCUT2D eigenvalue weighted by Gasteiger charge is 2.46. The summed E-state index contributed by atoms with van der Waals surface area (Å²) >= 11 is 0. The summed E-state index contributed by atoms with van der Waals surface area (Å²) in [6.45, 7) is 2.77. The Morgan fingerprint density at radius 1 is 1.35 bits per heavy atom. The zero-order valence-corrected chi connectivity index (χ0v) is 13.8. The van der Waals surface area contributed by atoms with E-state index >= 15 is 0 Å². The van der Waals surface area contributed by atoms with Gasteiger partial charge >= 0.3 is 6.18 Å². The molecule has 2 aromatic heterocycles. The SMILES string of the molecule is CC(C)Nc1nc(C(F)(F)F)nc2c1ncn2[C@@H]1O[C@H](CO)[C@H](O)C1F. The third-order valence-corrected chi connectivity index (χ3v) is 3.85. The Morgan fingerprint density at radius 2 is 2.04 bits per heavy atom. The monoisotopic (exact) mass is 379 g/mol. The van der Waals surface area contributed by atoms with E-state index in [2.05, 4.69) is 20.3 Å². The van der Waals surface area contributed by atoms with Gasteiger partial charge in [0.05, 0.1) is 12.9 Å². The van der Waals surface area contributed by atoms with Crippen molar-refractivity contribution in [3.63, 3.8) is 0 Å². The molecule has 1 saturated heterocycles. The van der Waals surface area contributed by atoms with E-state index in [0.717, 1.165) is 10.9 Å². The molecular formula is C14H17F4N5O3. The van der Waals surface area contributed by atoms with Gasteiger partial charge < -0.3 is 20.3 Å². The maximum atomic E-state index is 14.3. The van der Waals surface area contributed by atoms with Crippen LogP contribution in [0.4, 0.5) is 23.4 Å². The number of hydrogen-bond acceptors (Lipinski definition) is 7. The van der Waals surface area contributed by atoms with Crippen LogP contribution in [0, 0.1) is 0 Å². The van der Waals surface area contributed by atoms with E-state index in [0.29, 0.717) is 0 Å². The summed E-state index contributed by atoms with van der Waals surface area (Å²) in [5.74, 6) is -1.56. The molecule has 3 rings (SSSR count). The van der Waals surface area contributed by atoms with Gasteiger partial charge in [0.2, 0.25) is 5.82 Å². The van der Waals surface area contributed by atoms with Crippen LogP contribution < -0.4 is 5.32 Å². The molecule has 0 aromatic carbocycles. The fourth-order valence-corrected chi connectivity index (χ4v) is 2.68. The van der Waals surface area contributed by atoms with Crippen LogP contribution in [0.3, 0.4) is 0 Å². The van der Waals surface area contributed by atoms with Crippen molar-refractivity contribution in [1.82, 2.24) is 19.5 Å². The molecule has 3 heterocycles. The number of nitrogens with one attached hydrogen (secondary N) is 1. The Bertz CT molecular complexity index is 797. The molecule has 0 spiro atoms. The number of anilines is 1. The van der Waals surface area contributed by atoms with Crippen LogP contribution in [-0.2, 0) is 10.9 Å². The summed E-state index contributed by atoms with van der Waals surface area (Å²) in [7, 11) is 0. The van der Waals surface area contributed by atoms with Crippen molar-refractivity contribution in [2.45, 2.75) is 50.7 Å². The Hall–Kier alpha value is -2.05. The van der Waals surface area contributed by atoms with Crippen LogP contribution in [0.15, 0.2) is 6.33 Å². The number of aliphatic hydroxyl groups is 2. The van der Waals surface area contributed by atoms with Crippen molar-refractivity contribution in [2.24, 2.45) is 0 Å². The van der Waals surface area contributed by atoms with Crippen LogP contribution in [-0.4, -0.2) is 60.8 Å². The van der Waals surface area contributed by atoms with Gasteiger partial charge in [0.1, 0.15) is 12.2 Å². The normalized spacial score (nSPS) is 26.8. The predicted octanol–water partition coefficient (Wildman–Crippen LogP) is 1.25. The molecule has 8 nitrogen and oxygen atoms in total. The Balaban J connectivity index is 2.13. The fourth-order valence-electron chi connectivity index (χ4n) is 2.68. The minimum absolute atomic E-state index is 0.00411. The second kappa shape index (κ2) is 6.59. The van der Waals surface area contributed by atoms with Crippen molar-refractivity contribution < 1.29 is 32.5 Å². The number of imidazole rings is 1. The molecule has 1 fully saturated rings. The number of halogens is 4. The quantitative estimate of drug-likeness (QED) is 0.687. The molecule has 3 N–H and O–H groups in total. The van der Waals surface area contributed by atoms with E-state index in [9.17, 15) is 22.7 Å². The highest BCUT2D eigenvalue weighted by atomic mass is 19.4. The largest absolute Gasteiger partial charge is 0.451 e. The lowest BCUT2D eigenvalue weighted by molar-refractivity contribution is -0.144. The second-order valence-electron chi connectivity index (χ2n) is 6.20. The van der Waals surface area contributed by atoms with Gasteiger partial charge in [0.15, 0.2) is 29.4 Å². The van der Waals surface area contributed by atoms with Crippen LogP contribution in [0.2, 0.25) is 0 Å². The third-order valence-electron chi connectivity index (χ3n) is 3.85. The summed E-state index contributed by atoms with van der Waals surface area (Å²) in [6.07, 6.45) is -10.0. The average Bonchev–Trinajstić information content (AvgIpc) is 3.08. The molecule has 2 aromatic rings. The number of alkyl halides is 4. The molecule has 144 valence electrons. The van der Waals surface area contributed by atoms with Crippen LogP contribution in [0.1, 0.15) is 25.9 Å². The van der Waals surface area contributed by atoms with Gasteiger partial charge in [-0.25, -0.2) is 19.3 Å². The zero-order chi connectivity index (χ0) is 19.2. The molecule has 4 atom stereocenters. The standard InChI is InChI=1S/C14H17F4N5O3/c1-5(2)20-10-8-11(22-13(21-10)14(16,17)18)23(4-19-8)12-7(15)9(25)6(3-24)26-12/h4-7,9,12,24-25H,3H2,1-2H3,(H,20,21,22)/t6-,7?,9+,12-/m1/s1. The minimum atomic E-state index is -4.82. The Kier molecular flexibility index (Phi) is 4.75. The van der Waals surface area contributed by atoms with E-state index in [1.807, 2.05) is 0 Å². The predicted molar refractivity (Wildman–Crippen MR) is 81.0 cm³/mol. The third kappa shape index (κ3) is 3.19. The summed E-state index contributed by atoms with van der Waals surface area (Å²) in [5.41, 5.74) is -0.293. The highest BCUT2D eigenvalue weighted by Crippen LogP contribution is 2.36. The van der Waals surface area contributed by atoms with E-state index in [4.69, 9.17) is 9.84 Å². The number of rotatable bonds is 4. The van der Waals surface area contributed by atoms with Gasteiger partial charge in [-0.1, -0.05) is 0 Å². The fraction of sp³-hybridized carbons (Fsp3) is 0.643. The maximum absolute atomic E-state index is 14.3. The van der Waals surface area contributed by atoms with Gasteiger partial charge in [0, 0.05) is 6.04 Å². The molecule has 1 unspecified atom stereocenters. The van der Waals surface area contributed by atoms with Gasteiger partial charge in [-0.15, -0.1) is 0 Å². The first-order valence-corrected chi connectivity index (χ1v) is 7.80. The molecule has 1 aliphatic heterocycles. The van der Waals surface area contributed by atoms with Crippen LogP contribution in [0.5, 0.6) is 0 Å². The number of ether oxygens (including phenoxy) is 1. The topological polar surface area (TPSA) is 105 Å². The van der Waals surface area contributed by atoms with E-state index in [1.54, 1.807) is 13.8 Å². The van der Waals surface area contributed by atoms with Crippen LogP contribution in [0.25, 0.3) is 11.2 Å². The van der Waals surface area contributed by atoms with E-state index in [-0.39, 0.29) is 23.0 Å². The van der Waals surface area contributed by atoms with Gasteiger partial charge in [-0.2, -0.15) is 13.2 Å². The highest BCUT2D eigenvalue weighted by molar-refractivity contribution is 5.83. The smallest absolute Gasteiger partial charge is 0.394 e. The first kappa shape index (κ1) is 18.7. The summed E-state index contributed by atoms with van der Waals surface area (Å²) in [5, 5.41) is 21.6. The summed E-state index contributed by atoms with van der Waals surface area (Å²) < 4.78 is 59.9. The van der Waals surface area contributed by atoms with Crippen molar-refractivity contribution in [3.05, 3.63) is 12.2 Å². The molecular weight excluding hydrogens is 362 g/mol. The first-order valence-electron chi connectivity index (χ1n) is 7.80. The number of hydrogen-bond donors (Lipinski definition) is 3. The van der Waals surface area contributed by atoms with Crippen molar-refractivity contribution in [3.8, 4) is 0 Å². The average molecular weight is 379 g/mol. The Labute approximate surface area is 144 Å². The number of fused-ring (bicyclic) bond motifs is 1. The van der Waals surface area contributed by atoms with Crippen molar-refractivity contribution in [1.29, 1.82) is 0 Å². The molecule has 0 radical (unpaired) electrons. The molecule has 0 aliphatic carbocycles. The molecule has 1 aliphatic rings. The molecule has 12 heteroatoms. The van der Waals surface area contributed by atoms with Crippen molar-refractivity contribution in [2.75, 3.05) is 11.9 Å². The number of nitrogens with zero attached hydrogens (tertiary/aromatic N) is 4. The first-order chi connectivity index (χ1) is 12.1. The van der Waals surface area contributed by atoms with Crippen LogP contribution >= 0.6 is 0 Å². The summed E-state index contributed by atoms with van der Waals surface area (Å²) in [6, 6.07) is -0.239. The lowest BCUT2D eigenvalue weighted by Gasteiger charge is -2.16. The molecule has 0 saturated carbocycles. The number of aromatic nitrogens is 4. The summed E-state index contributed by atoms with van der Waals surface area (Å²) in [4.78, 5) is 10.9. The van der Waals surface area contributed by atoms with E-state index in [1.165, 1.54) is 0 Å². The minimum Gasteiger partial charge on any atom is -0.394 e. The van der Waals surface area contributed by atoms with Gasteiger partial charge in [-0.05, 0) is 13.8 Å². The number of aliphatic hydroxyl groups excluding tert-OH is 2. The lowest BCUT2D eigenvalue weighted by atomic mass is 10.1. The molecule has 0 amide bonds. The molecule has 26 heavy (non-hydrogen) atoms. The maximum Gasteiger partial charge on any atom is 0.451 e.